The first-order valence-corrected chi connectivity index (χ1v) is 5.76. The fourth-order valence-corrected chi connectivity index (χ4v) is 2.07. The number of nitrogens with zero attached hydrogens (tertiary/aromatic N) is 2. The average molecular weight is 238 g/mol. The van der Waals surface area contributed by atoms with Gasteiger partial charge in [-0.25, -0.2) is 4.98 Å². The van der Waals surface area contributed by atoms with Crippen LogP contribution in [-0.2, 0) is 12.1 Å². The number of hydrogen-bond acceptors (Lipinski definition) is 2. The topological polar surface area (TPSA) is 43.8 Å². The first kappa shape index (κ1) is 11.4. The third-order valence-electron chi connectivity index (χ3n) is 2.60. The molecule has 0 saturated carbocycles. The predicted octanol–water partition coefficient (Wildman–Crippen LogP) is 2.90. The van der Waals surface area contributed by atoms with E-state index in [4.69, 9.17) is 17.3 Å². The number of hydrogen-bond donors (Lipinski definition) is 1. The molecule has 2 rings (SSSR count). The number of aryl methyl sites for hydroxylation is 1. The van der Waals surface area contributed by atoms with Gasteiger partial charge in [0.25, 0.3) is 0 Å². The van der Waals surface area contributed by atoms with Crippen molar-refractivity contribution in [1.29, 1.82) is 0 Å². The molecule has 1 heterocycles. The highest BCUT2D eigenvalue weighted by atomic mass is 35.5. The second kappa shape index (κ2) is 3.75. The predicted molar refractivity (Wildman–Crippen MR) is 67.6 cm³/mol. The molecule has 0 aliphatic carbocycles. The minimum Gasteiger partial charge on any atom is -0.327 e. The molecule has 3 nitrogen and oxygen atoms in total. The highest BCUT2D eigenvalue weighted by molar-refractivity contribution is 6.31. The van der Waals surface area contributed by atoms with Crippen LogP contribution in [0.25, 0.3) is 11.0 Å². The molecule has 4 heteroatoms. The lowest BCUT2D eigenvalue weighted by Gasteiger charge is -2.19. The summed E-state index contributed by atoms with van der Waals surface area (Å²) in [4.78, 5) is 4.58. The lowest BCUT2D eigenvalue weighted by Crippen LogP contribution is -2.32. The molecule has 0 aliphatic heterocycles. The summed E-state index contributed by atoms with van der Waals surface area (Å²) in [5.41, 5.74) is 7.66. The van der Waals surface area contributed by atoms with E-state index < -0.39 is 5.54 Å². The van der Waals surface area contributed by atoms with E-state index in [0.717, 1.165) is 28.4 Å². The molecule has 16 heavy (non-hydrogen) atoms. The molecular weight excluding hydrogens is 222 g/mol. The summed E-state index contributed by atoms with van der Waals surface area (Å²) < 4.78 is 2.11. The summed E-state index contributed by atoms with van der Waals surface area (Å²) in [5, 5.41) is 0.725. The molecule has 2 aromatic rings. The fraction of sp³-hybridized carbons (Fsp3) is 0.417. The van der Waals surface area contributed by atoms with Gasteiger partial charge in [-0.05, 0) is 39.0 Å². The number of benzene rings is 1. The SMILES string of the molecule is CCn1c(C(C)(C)N)nc2ccc(Cl)cc21. The molecule has 0 atom stereocenters. The molecule has 0 aliphatic rings. The van der Waals surface area contributed by atoms with Gasteiger partial charge in [-0.3, -0.25) is 0 Å². The van der Waals surface area contributed by atoms with E-state index in [9.17, 15) is 0 Å². The van der Waals surface area contributed by atoms with Crippen LogP contribution >= 0.6 is 11.6 Å². The van der Waals surface area contributed by atoms with Crippen molar-refractivity contribution in [1.82, 2.24) is 9.55 Å². The fourth-order valence-electron chi connectivity index (χ4n) is 1.91. The molecule has 0 radical (unpaired) electrons. The van der Waals surface area contributed by atoms with Gasteiger partial charge in [0.1, 0.15) is 5.82 Å². The van der Waals surface area contributed by atoms with Crippen molar-refractivity contribution in [3.63, 3.8) is 0 Å². The van der Waals surface area contributed by atoms with Crippen molar-refractivity contribution < 1.29 is 0 Å². The summed E-state index contributed by atoms with van der Waals surface area (Å²) >= 11 is 6.00. The Labute approximate surface area is 100 Å². The third kappa shape index (κ3) is 1.81. The molecule has 0 spiro atoms. The van der Waals surface area contributed by atoms with Crippen LogP contribution < -0.4 is 5.73 Å². The summed E-state index contributed by atoms with van der Waals surface area (Å²) in [7, 11) is 0. The van der Waals surface area contributed by atoms with E-state index in [1.165, 1.54) is 0 Å². The first-order valence-electron chi connectivity index (χ1n) is 5.38. The maximum atomic E-state index is 6.12. The highest BCUT2D eigenvalue weighted by Crippen LogP contribution is 2.25. The van der Waals surface area contributed by atoms with E-state index >= 15 is 0 Å². The van der Waals surface area contributed by atoms with E-state index in [2.05, 4.69) is 16.5 Å². The Morgan fingerprint density at radius 3 is 2.69 bits per heavy atom. The van der Waals surface area contributed by atoms with Crippen LogP contribution in [0.3, 0.4) is 0 Å². The highest BCUT2D eigenvalue weighted by Gasteiger charge is 2.22. The molecule has 0 fully saturated rings. The van der Waals surface area contributed by atoms with Crippen molar-refractivity contribution in [2.75, 3.05) is 0 Å². The minimum atomic E-state index is -0.443. The molecule has 1 aromatic carbocycles. The van der Waals surface area contributed by atoms with E-state index in [1.54, 1.807) is 0 Å². The Balaban J connectivity index is 2.77. The zero-order valence-electron chi connectivity index (χ0n) is 9.79. The Bertz CT molecular complexity index is 523. The zero-order valence-corrected chi connectivity index (χ0v) is 10.5. The van der Waals surface area contributed by atoms with Crippen LogP contribution in [0.4, 0.5) is 0 Å². The van der Waals surface area contributed by atoms with Gasteiger partial charge in [0.2, 0.25) is 0 Å². The van der Waals surface area contributed by atoms with E-state index in [1.807, 2.05) is 32.0 Å². The number of nitrogens with two attached hydrogens (primary N) is 1. The number of fused-ring (bicyclic) bond motifs is 1. The third-order valence-corrected chi connectivity index (χ3v) is 2.84. The summed E-state index contributed by atoms with van der Waals surface area (Å²) in [6.45, 7) is 6.84. The zero-order chi connectivity index (χ0) is 11.9. The van der Waals surface area contributed by atoms with E-state index in [-0.39, 0.29) is 0 Å². The lowest BCUT2D eigenvalue weighted by atomic mass is 10.1. The Morgan fingerprint density at radius 1 is 1.44 bits per heavy atom. The van der Waals surface area contributed by atoms with Gasteiger partial charge < -0.3 is 10.3 Å². The van der Waals surface area contributed by atoms with E-state index in [0.29, 0.717) is 0 Å². The number of halogens is 1. The standard InChI is InChI=1S/C12H16ClN3/c1-4-16-10-7-8(13)5-6-9(10)15-11(16)12(2,3)14/h5-7H,4,14H2,1-3H3. The van der Waals surface area contributed by atoms with Gasteiger partial charge in [-0.1, -0.05) is 11.6 Å². The first-order chi connectivity index (χ1) is 7.43. The average Bonchev–Trinajstić information content (AvgIpc) is 2.54. The molecule has 0 amide bonds. The second-order valence-electron chi connectivity index (χ2n) is 4.53. The molecule has 86 valence electrons. The Morgan fingerprint density at radius 2 is 2.12 bits per heavy atom. The number of rotatable bonds is 2. The van der Waals surface area contributed by atoms with Gasteiger partial charge >= 0.3 is 0 Å². The largest absolute Gasteiger partial charge is 0.327 e. The number of aromatic nitrogens is 2. The van der Waals surface area contributed by atoms with Crippen molar-refractivity contribution >= 4 is 22.6 Å². The molecule has 2 N–H and O–H groups in total. The molecule has 0 bridgehead atoms. The van der Waals surface area contributed by atoms with Crippen molar-refractivity contribution in [3.05, 3.63) is 29.0 Å². The minimum absolute atomic E-state index is 0.443. The van der Waals surface area contributed by atoms with Crippen LogP contribution in [0.5, 0.6) is 0 Å². The Kier molecular flexibility index (Phi) is 2.68. The van der Waals surface area contributed by atoms with Gasteiger partial charge in [0.05, 0.1) is 16.6 Å². The quantitative estimate of drug-likeness (QED) is 0.873. The van der Waals surface area contributed by atoms with Gasteiger partial charge in [-0.15, -0.1) is 0 Å². The van der Waals surface area contributed by atoms with Crippen LogP contribution in [0.15, 0.2) is 18.2 Å². The lowest BCUT2D eigenvalue weighted by molar-refractivity contribution is 0.485. The molecular formula is C12H16ClN3. The number of imidazole rings is 1. The molecule has 0 unspecified atom stereocenters. The summed E-state index contributed by atoms with van der Waals surface area (Å²) in [5.74, 6) is 0.896. The van der Waals surface area contributed by atoms with Gasteiger partial charge in [-0.2, -0.15) is 0 Å². The van der Waals surface area contributed by atoms with Crippen molar-refractivity contribution in [2.45, 2.75) is 32.9 Å². The van der Waals surface area contributed by atoms with Crippen LogP contribution in [0, 0.1) is 0 Å². The second-order valence-corrected chi connectivity index (χ2v) is 4.97. The monoisotopic (exact) mass is 237 g/mol. The normalized spacial score (nSPS) is 12.3. The summed E-state index contributed by atoms with van der Waals surface area (Å²) in [6, 6.07) is 5.71. The van der Waals surface area contributed by atoms with Crippen molar-refractivity contribution in [3.8, 4) is 0 Å². The molecule has 1 aromatic heterocycles. The smallest absolute Gasteiger partial charge is 0.129 e. The maximum absolute atomic E-state index is 6.12. The Hall–Kier alpha value is -1.06. The van der Waals surface area contributed by atoms with Gasteiger partial charge in [0.15, 0.2) is 0 Å². The molecule has 0 saturated heterocycles. The van der Waals surface area contributed by atoms with Crippen LogP contribution in [0.2, 0.25) is 5.02 Å². The van der Waals surface area contributed by atoms with Crippen molar-refractivity contribution in [2.24, 2.45) is 5.73 Å². The maximum Gasteiger partial charge on any atom is 0.129 e. The van der Waals surface area contributed by atoms with Crippen LogP contribution in [0.1, 0.15) is 26.6 Å². The van der Waals surface area contributed by atoms with Gasteiger partial charge in [0, 0.05) is 11.6 Å². The van der Waals surface area contributed by atoms with Crippen LogP contribution in [-0.4, -0.2) is 9.55 Å². The summed E-state index contributed by atoms with van der Waals surface area (Å²) in [6.07, 6.45) is 0.